The molecular formula is C10H16. The molecule has 0 bridgehead atoms. The van der Waals surface area contributed by atoms with Crippen molar-refractivity contribution in [2.45, 2.75) is 34.1 Å². The second-order valence-corrected chi connectivity index (χ2v) is 4.65. The van der Waals surface area contributed by atoms with Gasteiger partial charge in [-0.2, -0.15) is 0 Å². The van der Waals surface area contributed by atoms with E-state index >= 15 is 0 Å². The quantitative estimate of drug-likeness (QED) is 0.449. The summed E-state index contributed by atoms with van der Waals surface area (Å²) in [5, 5.41) is 0. The summed E-state index contributed by atoms with van der Waals surface area (Å²) in [7, 11) is 0. The van der Waals surface area contributed by atoms with E-state index in [1.807, 2.05) is 0 Å². The molecule has 1 fully saturated rings. The molecule has 2 aliphatic rings. The Morgan fingerprint density at radius 2 is 1.90 bits per heavy atom. The summed E-state index contributed by atoms with van der Waals surface area (Å²) in [6.45, 7) is 9.40. The molecule has 2 rings (SSSR count). The maximum atomic E-state index is 2.48. The van der Waals surface area contributed by atoms with Crippen LogP contribution in [-0.4, -0.2) is 0 Å². The van der Waals surface area contributed by atoms with E-state index in [1.54, 1.807) is 5.57 Å². The van der Waals surface area contributed by atoms with Crippen molar-refractivity contribution >= 4 is 0 Å². The van der Waals surface area contributed by atoms with Crippen molar-refractivity contribution in [3.05, 3.63) is 11.6 Å². The molecule has 10 heavy (non-hydrogen) atoms. The lowest BCUT2D eigenvalue weighted by Crippen LogP contribution is -2.15. The summed E-state index contributed by atoms with van der Waals surface area (Å²) in [6.07, 6.45) is 3.85. The van der Waals surface area contributed by atoms with Gasteiger partial charge in [-0.3, -0.25) is 0 Å². The first-order valence-corrected chi connectivity index (χ1v) is 4.19. The van der Waals surface area contributed by atoms with Gasteiger partial charge in [-0.1, -0.05) is 32.4 Å². The van der Waals surface area contributed by atoms with Gasteiger partial charge in [-0.25, -0.2) is 0 Å². The van der Waals surface area contributed by atoms with Gasteiger partial charge in [0.05, 0.1) is 0 Å². The van der Waals surface area contributed by atoms with Gasteiger partial charge in [-0.05, 0) is 24.7 Å². The van der Waals surface area contributed by atoms with Crippen molar-refractivity contribution < 1.29 is 0 Å². The first kappa shape index (κ1) is 6.45. The summed E-state index contributed by atoms with van der Waals surface area (Å²) in [5.74, 6) is 0.920. The van der Waals surface area contributed by atoms with E-state index in [2.05, 4.69) is 33.8 Å². The van der Waals surface area contributed by atoms with Gasteiger partial charge in [0.2, 0.25) is 0 Å². The minimum absolute atomic E-state index is 0.604. The van der Waals surface area contributed by atoms with Crippen LogP contribution in [0.1, 0.15) is 34.1 Å². The van der Waals surface area contributed by atoms with E-state index in [1.165, 1.54) is 6.42 Å². The van der Waals surface area contributed by atoms with Gasteiger partial charge in [0, 0.05) is 5.41 Å². The van der Waals surface area contributed by atoms with Crippen molar-refractivity contribution in [3.63, 3.8) is 0 Å². The van der Waals surface area contributed by atoms with Crippen LogP contribution < -0.4 is 0 Å². The molecule has 2 aliphatic carbocycles. The van der Waals surface area contributed by atoms with Gasteiger partial charge >= 0.3 is 0 Å². The van der Waals surface area contributed by atoms with Crippen LogP contribution in [0.3, 0.4) is 0 Å². The second-order valence-electron chi connectivity index (χ2n) is 4.65. The Hall–Kier alpha value is -0.260. The van der Waals surface area contributed by atoms with E-state index < -0.39 is 0 Å². The molecule has 0 aromatic heterocycles. The Morgan fingerprint density at radius 1 is 1.50 bits per heavy atom. The maximum Gasteiger partial charge on any atom is 0.000630 e. The van der Waals surface area contributed by atoms with Crippen molar-refractivity contribution in [1.29, 1.82) is 0 Å². The highest BCUT2D eigenvalue weighted by molar-refractivity contribution is 5.37. The maximum absolute atomic E-state index is 2.48. The fourth-order valence-corrected chi connectivity index (χ4v) is 2.73. The zero-order chi connectivity index (χ0) is 7.57. The molecule has 0 radical (unpaired) electrons. The fourth-order valence-electron chi connectivity index (χ4n) is 2.73. The molecule has 2 atom stereocenters. The first-order valence-electron chi connectivity index (χ1n) is 4.19. The summed E-state index contributed by atoms with van der Waals surface area (Å²) < 4.78 is 0. The number of hydrogen-bond donors (Lipinski definition) is 0. The molecule has 0 N–H and O–H groups in total. The van der Waals surface area contributed by atoms with Gasteiger partial charge in [-0.15, -0.1) is 0 Å². The largest absolute Gasteiger partial charge is 0.0782 e. The van der Waals surface area contributed by atoms with Crippen molar-refractivity contribution in [2.75, 3.05) is 0 Å². The van der Waals surface area contributed by atoms with Crippen LogP contribution in [0.5, 0.6) is 0 Å². The highest BCUT2D eigenvalue weighted by Gasteiger charge is 2.69. The van der Waals surface area contributed by atoms with Gasteiger partial charge < -0.3 is 0 Å². The zero-order valence-corrected chi connectivity index (χ0v) is 7.36. The summed E-state index contributed by atoms with van der Waals surface area (Å²) in [4.78, 5) is 0. The lowest BCUT2D eigenvalue weighted by Gasteiger charge is -2.26. The van der Waals surface area contributed by atoms with Crippen LogP contribution in [0.15, 0.2) is 11.6 Å². The lowest BCUT2D eigenvalue weighted by atomic mass is 9.78. The molecule has 0 aliphatic heterocycles. The Labute approximate surface area is 63.3 Å². The summed E-state index contributed by atoms with van der Waals surface area (Å²) in [5.41, 5.74) is 2.83. The first-order chi connectivity index (χ1) is 4.51. The van der Waals surface area contributed by atoms with Crippen LogP contribution in [-0.2, 0) is 0 Å². The van der Waals surface area contributed by atoms with E-state index in [9.17, 15) is 0 Å². The van der Waals surface area contributed by atoms with Crippen molar-refractivity contribution in [1.82, 2.24) is 0 Å². The predicted molar refractivity (Wildman–Crippen MR) is 43.8 cm³/mol. The molecule has 2 unspecified atom stereocenters. The molecule has 0 heterocycles. The minimum atomic E-state index is 0.604. The van der Waals surface area contributed by atoms with Gasteiger partial charge in [0.25, 0.3) is 0 Å². The molecule has 0 nitrogen and oxygen atoms in total. The molecule has 1 spiro atoms. The molecule has 0 saturated heterocycles. The second kappa shape index (κ2) is 1.34. The normalized spacial score (nSPS) is 48.4. The third-order valence-corrected chi connectivity index (χ3v) is 4.05. The topological polar surface area (TPSA) is 0 Å². The average molecular weight is 136 g/mol. The van der Waals surface area contributed by atoms with Gasteiger partial charge in [0.1, 0.15) is 0 Å². The van der Waals surface area contributed by atoms with Crippen molar-refractivity contribution in [2.24, 2.45) is 16.7 Å². The summed E-state index contributed by atoms with van der Waals surface area (Å²) >= 11 is 0. The number of hydrogen-bond acceptors (Lipinski definition) is 0. The highest BCUT2D eigenvalue weighted by atomic mass is 14.7. The predicted octanol–water partition coefficient (Wildman–Crippen LogP) is 3.00. The summed E-state index contributed by atoms with van der Waals surface area (Å²) in [6, 6.07) is 0. The highest BCUT2D eigenvalue weighted by Crippen LogP contribution is 2.75. The minimum Gasteiger partial charge on any atom is -0.0782 e. The van der Waals surface area contributed by atoms with E-state index in [-0.39, 0.29) is 0 Å². The van der Waals surface area contributed by atoms with Crippen LogP contribution in [0, 0.1) is 16.7 Å². The third kappa shape index (κ3) is 0.426. The van der Waals surface area contributed by atoms with Crippen molar-refractivity contribution in [3.8, 4) is 0 Å². The smallest absolute Gasteiger partial charge is 0.000630 e. The molecule has 0 aromatic carbocycles. The molecule has 0 aromatic rings. The van der Waals surface area contributed by atoms with Crippen LogP contribution in [0.25, 0.3) is 0 Å². The van der Waals surface area contributed by atoms with Crippen LogP contribution >= 0.6 is 0 Å². The monoisotopic (exact) mass is 136 g/mol. The molecule has 1 saturated carbocycles. The molecule has 56 valence electrons. The fraction of sp³-hybridized carbons (Fsp3) is 0.800. The average Bonchev–Trinajstić information content (AvgIpc) is 2.13. The molecule has 0 heteroatoms. The van der Waals surface area contributed by atoms with Crippen LogP contribution in [0.2, 0.25) is 0 Å². The SMILES string of the molecule is CC1=CC2(C1)C(C)C2(C)C. The van der Waals surface area contributed by atoms with E-state index in [0.29, 0.717) is 10.8 Å². The Kier molecular flexibility index (Phi) is 0.867. The lowest BCUT2D eigenvalue weighted by molar-refractivity contribution is 0.421. The Balaban J connectivity index is 2.27. The van der Waals surface area contributed by atoms with E-state index in [0.717, 1.165) is 5.92 Å². The molecular weight excluding hydrogens is 120 g/mol. The zero-order valence-electron chi connectivity index (χ0n) is 7.36. The molecule has 0 amide bonds. The number of rotatable bonds is 0. The third-order valence-electron chi connectivity index (χ3n) is 4.05. The Morgan fingerprint density at radius 3 is 2.00 bits per heavy atom. The standard InChI is InChI=1S/C10H16/c1-7-5-10(6-7)8(2)9(10,3)4/h5,8H,6H2,1-4H3. The van der Waals surface area contributed by atoms with E-state index in [4.69, 9.17) is 0 Å². The number of allylic oxidation sites excluding steroid dienone is 2. The Bertz CT molecular complexity index is 210. The van der Waals surface area contributed by atoms with Crippen LogP contribution in [0.4, 0.5) is 0 Å². The van der Waals surface area contributed by atoms with Gasteiger partial charge in [0.15, 0.2) is 0 Å².